The number of anilines is 1. The minimum Gasteiger partial charge on any atom is -0.378 e. The Kier molecular flexibility index (Phi) is 4.28. The number of hydrogen-bond acceptors (Lipinski definition) is 5. The first kappa shape index (κ1) is 14.8. The van der Waals surface area contributed by atoms with Crippen molar-refractivity contribution in [3.8, 4) is 0 Å². The molecule has 0 saturated carbocycles. The predicted octanol–water partition coefficient (Wildman–Crippen LogP) is 2.76. The molecule has 1 aromatic carbocycles. The van der Waals surface area contributed by atoms with Crippen molar-refractivity contribution in [2.75, 3.05) is 11.9 Å². The van der Waals surface area contributed by atoms with Crippen molar-refractivity contribution in [2.24, 2.45) is 0 Å². The van der Waals surface area contributed by atoms with Crippen molar-refractivity contribution in [1.82, 2.24) is 15.5 Å². The monoisotopic (exact) mass is 324 g/mol. The van der Waals surface area contributed by atoms with E-state index in [9.17, 15) is 13.6 Å². The second-order valence-electron chi connectivity index (χ2n) is 4.92. The zero-order valence-electron chi connectivity index (χ0n) is 11.6. The number of fused-ring (bicyclic) bond motifs is 1. The van der Waals surface area contributed by atoms with Gasteiger partial charge in [0.1, 0.15) is 5.01 Å². The van der Waals surface area contributed by atoms with E-state index in [0.29, 0.717) is 23.7 Å². The Morgan fingerprint density at radius 3 is 3.00 bits per heavy atom. The van der Waals surface area contributed by atoms with Gasteiger partial charge in [0, 0.05) is 17.8 Å². The minimum absolute atomic E-state index is 0.0768. The summed E-state index contributed by atoms with van der Waals surface area (Å²) in [5.41, 5.74) is 2.44. The zero-order valence-corrected chi connectivity index (χ0v) is 12.4. The number of aryl methyl sites for hydroxylation is 1. The van der Waals surface area contributed by atoms with Crippen LogP contribution in [0.3, 0.4) is 0 Å². The molecule has 0 unspecified atom stereocenters. The second-order valence-corrected chi connectivity index (χ2v) is 6.01. The Morgan fingerprint density at radius 1 is 1.36 bits per heavy atom. The van der Waals surface area contributed by atoms with E-state index < -0.39 is 6.43 Å². The number of nitrogens with zero attached hydrogens (tertiary/aromatic N) is 2. The van der Waals surface area contributed by atoms with E-state index in [0.717, 1.165) is 35.4 Å². The zero-order chi connectivity index (χ0) is 15.5. The van der Waals surface area contributed by atoms with Crippen LogP contribution in [-0.2, 0) is 13.0 Å². The highest BCUT2D eigenvalue weighted by Gasteiger charge is 2.16. The lowest BCUT2D eigenvalue weighted by atomic mass is 10.0. The summed E-state index contributed by atoms with van der Waals surface area (Å²) < 4.78 is 24.9. The van der Waals surface area contributed by atoms with Gasteiger partial charge in [0.2, 0.25) is 0 Å². The van der Waals surface area contributed by atoms with Gasteiger partial charge in [0.05, 0.1) is 6.54 Å². The van der Waals surface area contributed by atoms with E-state index in [2.05, 4.69) is 20.8 Å². The Hall–Kier alpha value is -2.09. The Morgan fingerprint density at radius 2 is 2.23 bits per heavy atom. The molecule has 3 rings (SSSR count). The molecule has 0 fully saturated rings. The van der Waals surface area contributed by atoms with Crippen LogP contribution in [0.5, 0.6) is 0 Å². The summed E-state index contributed by atoms with van der Waals surface area (Å²) in [5, 5.41) is 13.3. The van der Waals surface area contributed by atoms with E-state index >= 15 is 0 Å². The van der Waals surface area contributed by atoms with Crippen LogP contribution < -0.4 is 10.6 Å². The van der Waals surface area contributed by atoms with Gasteiger partial charge < -0.3 is 10.6 Å². The molecule has 1 aromatic heterocycles. The smallest absolute Gasteiger partial charge is 0.291 e. The minimum atomic E-state index is -2.59. The van der Waals surface area contributed by atoms with Crippen LogP contribution >= 0.6 is 11.3 Å². The summed E-state index contributed by atoms with van der Waals surface area (Å²) in [6.45, 7) is 0.974. The first-order chi connectivity index (χ1) is 10.6. The first-order valence-corrected chi connectivity index (χ1v) is 7.70. The third-order valence-corrected chi connectivity index (χ3v) is 4.31. The normalized spacial score (nSPS) is 14.4. The maximum absolute atomic E-state index is 12.5. The quantitative estimate of drug-likeness (QED) is 0.907. The summed E-state index contributed by atoms with van der Waals surface area (Å²) >= 11 is 0.879. The van der Waals surface area contributed by atoms with Crippen molar-refractivity contribution in [3.05, 3.63) is 39.3 Å². The van der Waals surface area contributed by atoms with Gasteiger partial charge >= 0.3 is 0 Å². The van der Waals surface area contributed by atoms with Crippen LogP contribution in [0, 0.1) is 0 Å². The van der Waals surface area contributed by atoms with E-state index in [-0.39, 0.29) is 10.9 Å². The molecular formula is C14H14F2N4OS. The van der Waals surface area contributed by atoms with Gasteiger partial charge in [-0.1, -0.05) is 17.4 Å². The van der Waals surface area contributed by atoms with Gasteiger partial charge in [-0.25, -0.2) is 8.78 Å². The summed E-state index contributed by atoms with van der Waals surface area (Å²) in [6, 6.07) is 5.59. The highest BCUT2D eigenvalue weighted by atomic mass is 32.1. The fraction of sp³-hybridized carbons (Fsp3) is 0.357. The Labute approximate surface area is 129 Å². The van der Waals surface area contributed by atoms with Crippen molar-refractivity contribution >= 4 is 22.9 Å². The predicted molar refractivity (Wildman–Crippen MR) is 79.3 cm³/mol. The average molecular weight is 324 g/mol. The van der Waals surface area contributed by atoms with Crippen LogP contribution in [0.2, 0.25) is 0 Å². The SMILES string of the molecule is O=C1NCCCc2ccc(NCc3nnc(C(F)F)s3)cc21. The molecule has 0 spiro atoms. The number of benzene rings is 1. The maximum Gasteiger partial charge on any atom is 0.291 e. The number of rotatable bonds is 4. The third-order valence-electron chi connectivity index (χ3n) is 3.38. The molecule has 0 bridgehead atoms. The van der Waals surface area contributed by atoms with Crippen LogP contribution in [-0.4, -0.2) is 22.6 Å². The average Bonchev–Trinajstić information content (AvgIpc) is 2.91. The van der Waals surface area contributed by atoms with E-state index in [1.165, 1.54) is 0 Å². The molecule has 2 N–H and O–H groups in total. The Balaban J connectivity index is 1.71. The topological polar surface area (TPSA) is 66.9 Å². The molecule has 2 heterocycles. The molecule has 0 aliphatic carbocycles. The van der Waals surface area contributed by atoms with Gasteiger partial charge in [0.25, 0.3) is 12.3 Å². The number of halogens is 2. The number of aromatic nitrogens is 2. The highest BCUT2D eigenvalue weighted by Crippen LogP contribution is 2.24. The molecule has 116 valence electrons. The molecule has 1 aliphatic heterocycles. The number of carbonyl (C=O) groups excluding carboxylic acids is 1. The lowest BCUT2D eigenvalue weighted by molar-refractivity contribution is 0.0956. The van der Waals surface area contributed by atoms with Gasteiger partial charge in [-0.15, -0.1) is 10.2 Å². The lowest BCUT2D eigenvalue weighted by Gasteiger charge is -2.09. The maximum atomic E-state index is 12.5. The molecule has 1 amide bonds. The van der Waals surface area contributed by atoms with Gasteiger partial charge in [-0.3, -0.25) is 4.79 Å². The fourth-order valence-electron chi connectivity index (χ4n) is 2.30. The van der Waals surface area contributed by atoms with Crippen molar-refractivity contribution in [3.63, 3.8) is 0 Å². The lowest BCUT2D eigenvalue weighted by Crippen LogP contribution is -2.22. The van der Waals surface area contributed by atoms with Gasteiger partial charge in [-0.05, 0) is 30.5 Å². The molecule has 0 atom stereocenters. The molecule has 0 radical (unpaired) electrons. The molecule has 8 heteroatoms. The molecule has 5 nitrogen and oxygen atoms in total. The fourth-order valence-corrected chi connectivity index (χ4v) is 2.93. The number of carbonyl (C=O) groups is 1. The molecule has 1 aliphatic rings. The standard InChI is InChI=1S/C14H14F2N4OS/c15-12(16)14-20-19-11(22-14)7-18-9-4-3-8-2-1-5-17-13(21)10(8)6-9/h3-4,6,12,18H,1-2,5,7H2,(H,17,21). The Bertz CT molecular complexity index is 689. The van der Waals surface area contributed by atoms with Gasteiger partial charge in [-0.2, -0.15) is 0 Å². The van der Waals surface area contributed by atoms with E-state index in [1.807, 2.05) is 12.1 Å². The summed E-state index contributed by atoms with van der Waals surface area (Å²) in [7, 11) is 0. The largest absolute Gasteiger partial charge is 0.378 e. The third kappa shape index (κ3) is 3.22. The number of nitrogens with one attached hydrogen (secondary N) is 2. The van der Waals surface area contributed by atoms with Crippen molar-refractivity contribution in [2.45, 2.75) is 25.8 Å². The molecule has 22 heavy (non-hydrogen) atoms. The molecular weight excluding hydrogens is 310 g/mol. The summed E-state index contributed by atoms with van der Waals surface area (Å²) in [4.78, 5) is 12.0. The van der Waals surface area contributed by atoms with Crippen LogP contribution in [0.15, 0.2) is 18.2 Å². The molecule has 2 aromatic rings. The highest BCUT2D eigenvalue weighted by molar-refractivity contribution is 7.11. The summed E-state index contributed by atoms with van der Waals surface area (Å²) in [5.74, 6) is -0.0768. The van der Waals surface area contributed by atoms with Crippen LogP contribution in [0.4, 0.5) is 14.5 Å². The van der Waals surface area contributed by atoms with Crippen LogP contribution in [0.25, 0.3) is 0 Å². The van der Waals surface area contributed by atoms with Crippen molar-refractivity contribution in [1.29, 1.82) is 0 Å². The van der Waals surface area contributed by atoms with E-state index in [4.69, 9.17) is 0 Å². The van der Waals surface area contributed by atoms with Crippen LogP contribution in [0.1, 0.15) is 38.8 Å². The first-order valence-electron chi connectivity index (χ1n) is 6.89. The second kappa shape index (κ2) is 6.35. The van der Waals surface area contributed by atoms with Gasteiger partial charge in [0.15, 0.2) is 5.01 Å². The molecule has 0 saturated heterocycles. The summed E-state index contributed by atoms with van der Waals surface area (Å²) in [6.07, 6.45) is -0.808. The van der Waals surface area contributed by atoms with E-state index in [1.54, 1.807) is 6.07 Å². The number of alkyl halides is 2. The number of amides is 1. The number of hydrogen-bond donors (Lipinski definition) is 2. The van der Waals surface area contributed by atoms with Crippen molar-refractivity contribution < 1.29 is 13.6 Å².